The number of rotatable bonds is 5. The third-order valence-corrected chi connectivity index (χ3v) is 5.33. The fourth-order valence-corrected chi connectivity index (χ4v) is 3.54. The molecule has 0 atom stereocenters. The first-order valence-electron chi connectivity index (χ1n) is 10.4. The molecule has 0 radical (unpaired) electrons. The molecule has 7 nitrogen and oxygen atoms in total. The van der Waals surface area contributed by atoms with Crippen molar-refractivity contribution in [1.82, 2.24) is 19.8 Å². The molecule has 0 spiro atoms. The first-order valence-corrected chi connectivity index (χ1v) is 10.4. The van der Waals surface area contributed by atoms with Gasteiger partial charge in [0, 0.05) is 22.4 Å². The molecule has 0 bridgehead atoms. The van der Waals surface area contributed by atoms with E-state index in [1.165, 1.54) is 0 Å². The number of aromatic nitrogens is 4. The van der Waals surface area contributed by atoms with Gasteiger partial charge >= 0.3 is 0 Å². The zero-order valence-electron chi connectivity index (χ0n) is 17.8. The number of nitrogens with one attached hydrogen (secondary N) is 1. The predicted octanol–water partition coefficient (Wildman–Crippen LogP) is 4.58. The standard InChI is InChI=1S/C26H19N5O2/c1-17-6-8-19(9-7-17)25(32)21-4-2-3-5-22(21)26(33)28-20-12-10-18(11-13-20)23-14-15-24-29-27-16-31(24)30-23/h2-16H,1H3,(H,28,33). The van der Waals surface area contributed by atoms with Gasteiger partial charge in [-0.25, -0.2) is 0 Å². The minimum atomic E-state index is -0.345. The molecule has 160 valence electrons. The van der Waals surface area contributed by atoms with Gasteiger partial charge in [0.05, 0.1) is 11.3 Å². The Morgan fingerprint density at radius 1 is 0.818 bits per heavy atom. The monoisotopic (exact) mass is 433 g/mol. The number of anilines is 1. The highest BCUT2D eigenvalue weighted by atomic mass is 16.2. The van der Waals surface area contributed by atoms with E-state index in [0.29, 0.717) is 28.0 Å². The second-order valence-electron chi connectivity index (χ2n) is 7.62. The number of ketones is 1. The second-order valence-corrected chi connectivity index (χ2v) is 7.62. The Hall–Kier alpha value is -4.65. The lowest BCUT2D eigenvalue weighted by Gasteiger charge is -2.10. The maximum Gasteiger partial charge on any atom is 0.256 e. The molecule has 2 heterocycles. The van der Waals surface area contributed by atoms with Crippen molar-refractivity contribution in [2.45, 2.75) is 6.92 Å². The number of amides is 1. The van der Waals surface area contributed by atoms with Crippen LogP contribution in [0.4, 0.5) is 5.69 Å². The minimum absolute atomic E-state index is 0.188. The van der Waals surface area contributed by atoms with Crippen molar-refractivity contribution in [2.24, 2.45) is 0 Å². The van der Waals surface area contributed by atoms with Gasteiger partial charge in [-0.15, -0.1) is 10.2 Å². The fraction of sp³-hybridized carbons (Fsp3) is 0.0385. The minimum Gasteiger partial charge on any atom is -0.322 e. The van der Waals surface area contributed by atoms with Gasteiger partial charge in [0.1, 0.15) is 6.33 Å². The summed E-state index contributed by atoms with van der Waals surface area (Å²) in [6.45, 7) is 1.96. The number of fused-ring (bicyclic) bond motifs is 1. The summed E-state index contributed by atoms with van der Waals surface area (Å²) >= 11 is 0. The number of carbonyl (C=O) groups excluding carboxylic acids is 2. The highest BCUT2D eigenvalue weighted by Crippen LogP contribution is 2.21. The molecule has 5 rings (SSSR count). The Morgan fingerprint density at radius 2 is 1.55 bits per heavy atom. The van der Waals surface area contributed by atoms with Crippen LogP contribution in [0, 0.1) is 6.92 Å². The lowest BCUT2D eigenvalue weighted by molar-refractivity contribution is 0.0996. The van der Waals surface area contributed by atoms with Crippen LogP contribution in [0.15, 0.2) is 91.3 Å². The summed E-state index contributed by atoms with van der Waals surface area (Å²) in [6.07, 6.45) is 1.54. The first-order chi connectivity index (χ1) is 16.1. The molecule has 1 N–H and O–H groups in total. The number of benzene rings is 3. The van der Waals surface area contributed by atoms with Gasteiger partial charge in [-0.05, 0) is 37.3 Å². The summed E-state index contributed by atoms with van der Waals surface area (Å²) in [6, 6.07) is 25.2. The Labute approximate surface area is 189 Å². The Kier molecular flexibility index (Phi) is 5.20. The molecule has 0 aliphatic heterocycles. The smallest absolute Gasteiger partial charge is 0.256 e. The van der Waals surface area contributed by atoms with E-state index in [1.807, 2.05) is 43.3 Å². The highest BCUT2D eigenvalue weighted by molar-refractivity contribution is 6.17. The van der Waals surface area contributed by atoms with Gasteiger partial charge in [0.15, 0.2) is 11.4 Å². The molecule has 0 aliphatic rings. The van der Waals surface area contributed by atoms with Crippen LogP contribution in [0.2, 0.25) is 0 Å². The van der Waals surface area contributed by atoms with Crippen molar-refractivity contribution in [1.29, 1.82) is 0 Å². The normalized spacial score (nSPS) is 10.8. The molecule has 3 aromatic carbocycles. The molecular formula is C26H19N5O2. The number of aryl methyl sites for hydroxylation is 1. The van der Waals surface area contributed by atoms with E-state index in [-0.39, 0.29) is 11.7 Å². The van der Waals surface area contributed by atoms with Crippen molar-refractivity contribution >= 4 is 23.0 Å². The Balaban J connectivity index is 1.36. The van der Waals surface area contributed by atoms with E-state index in [0.717, 1.165) is 16.8 Å². The fourth-order valence-electron chi connectivity index (χ4n) is 3.54. The van der Waals surface area contributed by atoms with Crippen LogP contribution in [-0.2, 0) is 0 Å². The summed E-state index contributed by atoms with van der Waals surface area (Å²) in [5.74, 6) is -0.533. The lowest BCUT2D eigenvalue weighted by Crippen LogP contribution is -2.17. The van der Waals surface area contributed by atoms with E-state index < -0.39 is 0 Å². The van der Waals surface area contributed by atoms with Gasteiger partial charge in [0.2, 0.25) is 0 Å². The van der Waals surface area contributed by atoms with E-state index in [2.05, 4.69) is 20.6 Å². The Bertz CT molecular complexity index is 1470. The molecule has 0 saturated carbocycles. The zero-order valence-corrected chi connectivity index (χ0v) is 17.8. The molecule has 2 aromatic heterocycles. The van der Waals surface area contributed by atoms with Crippen molar-refractivity contribution < 1.29 is 9.59 Å². The van der Waals surface area contributed by atoms with Gasteiger partial charge in [-0.1, -0.05) is 60.2 Å². The molecule has 0 unspecified atom stereocenters. The van der Waals surface area contributed by atoms with Gasteiger partial charge in [0.25, 0.3) is 5.91 Å². The van der Waals surface area contributed by atoms with Crippen molar-refractivity contribution in [2.75, 3.05) is 5.32 Å². The van der Waals surface area contributed by atoms with Crippen LogP contribution < -0.4 is 5.32 Å². The van der Waals surface area contributed by atoms with Crippen LogP contribution in [0.5, 0.6) is 0 Å². The lowest BCUT2D eigenvalue weighted by atomic mass is 9.97. The van der Waals surface area contributed by atoms with Gasteiger partial charge in [-0.3, -0.25) is 9.59 Å². The maximum atomic E-state index is 13.0. The zero-order chi connectivity index (χ0) is 22.8. The van der Waals surface area contributed by atoms with Crippen LogP contribution in [0.25, 0.3) is 16.9 Å². The average molecular weight is 433 g/mol. The molecule has 33 heavy (non-hydrogen) atoms. The van der Waals surface area contributed by atoms with Gasteiger partial charge in [-0.2, -0.15) is 9.61 Å². The third kappa shape index (κ3) is 4.12. The van der Waals surface area contributed by atoms with E-state index >= 15 is 0 Å². The SMILES string of the molecule is Cc1ccc(C(=O)c2ccccc2C(=O)Nc2ccc(-c3ccc4nncn4n3)cc2)cc1. The van der Waals surface area contributed by atoms with E-state index in [9.17, 15) is 9.59 Å². The Morgan fingerprint density at radius 3 is 2.30 bits per heavy atom. The second kappa shape index (κ2) is 8.47. The van der Waals surface area contributed by atoms with E-state index in [1.54, 1.807) is 59.4 Å². The van der Waals surface area contributed by atoms with Crippen LogP contribution >= 0.6 is 0 Å². The highest BCUT2D eigenvalue weighted by Gasteiger charge is 2.18. The average Bonchev–Trinajstić information content (AvgIpc) is 3.32. The summed E-state index contributed by atoms with van der Waals surface area (Å²) in [5, 5.41) is 15.1. The third-order valence-electron chi connectivity index (χ3n) is 5.33. The van der Waals surface area contributed by atoms with Crippen molar-refractivity contribution in [3.05, 3.63) is 114 Å². The number of hydrogen-bond donors (Lipinski definition) is 1. The summed E-state index contributed by atoms with van der Waals surface area (Å²) in [5.41, 5.74) is 5.23. The molecule has 1 amide bonds. The molecular weight excluding hydrogens is 414 g/mol. The molecule has 5 aromatic rings. The van der Waals surface area contributed by atoms with Crippen LogP contribution in [0.1, 0.15) is 31.8 Å². The maximum absolute atomic E-state index is 13.0. The van der Waals surface area contributed by atoms with Crippen LogP contribution in [-0.4, -0.2) is 31.5 Å². The summed E-state index contributed by atoms with van der Waals surface area (Å²) in [7, 11) is 0. The molecule has 7 heteroatoms. The predicted molar refractivity (Wildman–Crippen MR) is 125 cm³/mol. The summed E-state index contributed by atoms with van der Waals surface area (Å²) in [4.78, 5) is 26.0. The summed E-state index contributed by atoms with van der Waals surface area (Å²) < 4.78 is 1.60. The van der Waals surface area contributed by atoms with Crippen molar-refractivity contribution in [3.8, 4) is 11.3 Å². The molecule has 0 saturated heterocycles. The topological polar surface area (TPSA) is 89.2 Å². The van der Waals surface area contributed by atoms with Gasteiger partial charge < -0.3 is 5.32 Å². The van der Waals surface area contributed by atoms with Crippen molar-refractivity contribution in [3.63, 3.8) is 0 Å². The quantitative estimate of drug-likeness (QED) is 0.410. The molecule has 0 aliphatic carbocycles. The van der Waals surface area contributed by atoms with Crippen LogP contribution in [0.3, 0.4) is 0 Å². The number of hydrogen-bond acceptors (Lipinski definition) is 5. The number of carbonyl (C=O) groups is 2. The number of nitrogens with zero attached hydrogens (tertiary/aromatic N) is 4. The molecule has 0 fully saturated rings. The largest absolute Gasteiger partial charge is 0.322 e. The van der Waals surface area contributed by atoms with E-state index in [4.69, 9.17) is 0 Å². The first kappa shape index (κ1) is 20.3.